The lowest BCUT2D eigenvalue weighted by molar-refractivity contribution is -0.126. The smallest absolute Gasteiger partial charge is 0.224 e. The van der Waals surface area contributed by atoms with E-state index in [-0.39, 0.29) is 11.4 Å². The molecule has 0 saturated heterocycles. The molecule has 0 atom stereocenters. The minimum absolute atomic E-state index is 0.153. The lowest BCUT2D eigenvalue weighted by atomic mass is 9.53. The highest BCUT2D eigenvalue weighted by Gasteiger charge is 2.51. The van der Waals surface area contributed by atoms with Crippen molar-refractivity contribution in [3.05, 3.63) is 35.9 Å². The Hall–Kier alpha value is -1.31. The van der Waals surface area contributed by atoms with E-state index in [4.69, 9.17) is 0 Å². The SMILES string of the molecule is O=C(Cc1ccccc1)NC12CC3CC(CC(C3)C1)C2. The molecule has 1 N–H and O–H groups in total. The van der Waals surface area contributed by atoms with Crippen LogP contribution >= 0.6 is 0 Å². The molecule has 5 rings (SSSR count). The normalized spacial score (nSPS) is 37.9. The zero-order chi connectivity index (χ0) is 13.6. The summed E-state index contributed by atoms with van der Waals surface area (Å²) >= 11 is 0. The summed E-state index contributed by atoms with van der Waals surface area (Å²) in [5.41, 5.74) is 1.27. The molecular formula is C18H23NO. The van der Waals surface area contributed by atoms with Gasteiger partial charge in [0.2, 0.25) is 5.91 Å². The lowest BCUT2D eigenvalue weighted by Crippen LogP contribution is -2.60. The number of hydrogen-bond acceptors (Lipinski definition) is 1. The Bertz CT molecular complexity index is 472. The van der Waals surface area contributed by atoms with E-state index in [1.807, 2.05) is 30.3 Å². The van der Waals surface area contributed by atoms with Gasteiger partial charge in [-0.15, -0.1) is 0 Å². The standard InChI is InChI=1S/C18H23NO/c20-17(9-13-4-2-1-3-5-13)19-18-10-14-6-15(11-18)8-16(7-14)12-18/h1-5,14-16H,6-12H2,(H,19,20). The van der Waals surface area contributed by atoms with E-state index in [1.165, 1.54) is 38.5 Å². The summed E-state index contributed by atoms with van der Waals surface area (Å²) in [4.78, 5) is 12.4. The minimum Gasteiger partial charge on any atom is -0.350 e. The Morgan fingerprint density at radius 2 is 1.55 bits per heavy atom. The highest BCUT2D eigenvalue weighted by atomic mass is 16.1. The fourth-order valence-electron chi connectivity index (χ4n) is 5.38. The average Bonchev–Trinajstić information content (AvgIpc) is 2.37. The molecule has 4 aliphatic rings. The molecule has 4 aliphatic carbocycles. The lowest BCUT2D eigenvalue weighted by Gasteiger charge is -2.56. The summed E-state index contributed by atoms with van der Waals surface area (Å²) in [5.74, 6) is 2.88. The molecule has 4 fully saturated rings. The van der Waals surface area contributed by atoms with E-state index in [2.05, 4.69) is 5.32 Å². The maximum Gasteiger partial charge on any atom is 0.224 e. The maximum atomic E-state index is 12.4. The Balaban J connectivity index is 1.45. The molecule has 4 bridgehead atoms. The van der Waals surface area contributed by atoms with E-state index in [0.717, 1.165) is 23.3 Å². The van der Waals surface area contributed by atoms with Gasteiger partial charge in [-0.25, -0.2) is 0 Å². The molecule has 2 nitrogen and oxygen atoms in total. The van der Waals surface area contributed by atoms with Crippen molar-refractivity contribution in [2.75, 3.05) is 0 Å². The van der Waals surface area contributed by atoms with Gasteiger partial charge in [-0.3, -0.25) is 4.79 Å². The quantitative estimate of drug-likeness (QED) is 0.896. The molecule has 2 heteroatoms. The van der Waals surface area contributed by atoms with Crippen LogP contribution in [0.4, 0.5) is 0 Å². The van der Waals surface area contributed by atoms with Gasteiger partial charge in [-0.2, -0.15) is 0 Å². The first-order valence-corrected chi connectivity index (χ1v) is 8.06. The third-order valence-corrected chi connectivity index (χ3v) is 5.65. The number of hydrogen-bond donors (Lipinski definition) is 1. The van der Waals surface area contributed by atoms with E-state index in [0.29, 0.717) is 6.42 Å². The Morgan fingerprint density at radius 3 is 2.10 bits per heavy atom. The Labute approximate surface area is 121 Å². The van der Waals surface area contributed by atoms with E-state index < -0.39 is 0 Å². The summed E-state index contributed by atoms with van der Waals surface area (Å²) in [7, 11) is 0. The molecule has 0 unspecified atom stereocenters. The molecule has 0 aromatic heterocycles. The Morgan fingerprint density at radius 1 is 1.00 bits per heavy atom. The van der Waals surface area contributed by atoms with Gasteiger partial charge < -0.3 is 5.32 Å². The van der Waals surface area contributed by atoms with Crippen LogP contribution in [0.2, 0.25) is 0 Å². The van der Waals surface area contributed by atoms with Crippen molar-refractivity contribution < 1.29 is 4.79 Å². The largest absolute Gasteiger partial charge is 0.350 e. The van der Waals surface area contributed by atoms with Gasteiger partial charge in [0.1, 0.15) is 0 Å². The molecule has 0 spiro atoms. The molecule has 20 heavy (non-hydrogen) atoms. The van der Waals surface area contributed by atoms with Crippen LogP contribution in [0.25, 0.3) is 0 Å². The van der Waals surface area contributed by atoms with Crippen LogP contribution < -0.4 is 5.32 Å². The van der Waals surface area contributed by atoms with Gasteiger partial charge in [0.15, 0.2) is 0 Å². The first-order chi connectivity index (χ1) is 9.71. The van der Waals surface area contributed by atoms with Crippen LogP contribution in [0, 0.1) is 17.8 Å². The fourth-order valence-corrected chi connectivity index (χ4v) is 5.38. The molecule has 0 aliphatic heterocycles. The van der Waals surface area contributed by atoms with Crippen LogP contribution in [0.5, 0.6) is 0 Å². The van der Waals surface area contributed by atoms with Crippen LogP contribution in [0.3, 0.4) is 0 Å². The van der Waals surface area contributed by atoms with Crippen molar-refractivity contribution in [2.24, 2.45) is 17.8 Å². The molecule has 0 radical (unpaired) electrons. The average molecular weight is 269 g/mol. The summed E-state index contributed by atoms with van der Waals surface area (Å²) in [5, 5.41) is 3.43. The van der Waals surface area contributed by atoms with E-state index >= 15 is 0 Å². The topological polar surface area (TPSA) is 29.1 Å². The van der Waals surface area contributed by atoms with Gasteiger partial charge in [-0.05, 0) is 61.8 Å². The van der Waals surface area contributed by atoms with E-state index in [1.54, 1.807) is 0 Å². The van der Waals surface area contributed by atoms with Gasteiger partial charge in [0, 0.05) is 5.54 Å². The zero-order valence-electron chi connectivity index (χ0n) is 12.0. The Kier molecular flexibility index (Phi) is 2.87. The molecule has 0 heterocycles. The number of benzene rings is 1. The van der Waals surface area contributed by atoms with Gasteiger partial charge >= 0.3 is 0 Å². The molecular weight excluding hydrogens is 246 g/mol. The maximum absolute atomic E-state index is 12.4. The highest BCUT2D eigenvalue weighted by molar-refractivity contribution is 5.79. The van der Waals surface area contributed by atoms with Crippen molar-refractivity contribution in [3.63, 3.8) is 0 Å². The number of carbonyl (C=O) groups is 1. The summed E-state index contributed by atoms with van der Waals surface area (Å²) in [6.07, 6.45) is 8.51. The molecule has 1 amide bonds. The molecule has 4 saturated carbocycles. The first-order valence-electron chi connectivity index (χ1n) is 8.06. The predicted octanol–water partition coefficient (Wildman–Crippen LogP) is 3.31. The minimum atomic E-state index is 0.153. The van der Waals surface area contributed by atoms with E-state index in [9.17, 15) is 4.79 Å². The summed E-state index contributed by atoms with van der Waals surface area (Å²) in [6, 6.07) is 10.1. The van der Waals surface area contributed by atoms with Gasteiger partial charge in [0.25, 0.3) is 0 Å². The molecule has 1 aromatic carbocycles. The van der Waals surface area contributed by atoms with Crippen LogP contribution in [-0.2, 0) is 11.2 Å². The predicted molar refractivity (Wildman–Crippen MR) is 79.2 cm³/mol. The number of amides is 1. The highest BCUT2D eigenvalue weighted by Crippen LogP contribution is 2.55. The second-order valence-corrected chi connectivity index (χ2v) is 7.41. The van der Waals surface area contributed by atoms with Crippen LogP contribution in [0.1, 0.15) is 44.1 Å². The fraction of sp³-hybridized carbons (Fsp3) is 0.611. The summed E-state index contributed by atoms with van der Waals surface area (Å²) in [6.45, 7) is 0. The van der Waals surface area contributed by atoms with Crippen molar-refractivity contribution in [2.45, 2.75) is 50.5 Å². The second kappa shape index (κ2) is 4.61. The summed E-state index contributed by atoms with van der Waals surface area (Å²) < 4.78 is 0. The second-order valence-electron chi connectivity index (χ2n) is 7.41. The van der Waals surface area contributed by atoms with Crippen molar-refractivity contribution in [1.82, 2.24) is 5.32 Å². The zero-order valence-corrected chi connectivity index (χ0v) is 12.0. The van der Waals surface area contributed by atoms with Gasteiger partial charge in [0.05, 0.1) is 6.42 Å². The van der Waals surface area contributed by atoms with Gasteiger partial charge in [-0.1, -0.05) is 30.3 Å². The monoisotopic (exact) mass is 269 g/mol. The molecule has 106 valence electrons. The number of carbonyl (C=O) groups excluding carboxylic acids is 1. The van der Waals surface area contributed by atoms with Crippen LogP contribution in [-0.4, -0.2) is 11.4 Å². The third kappa shape index (κ3) is 2.25. The van der Waals surface area contributed by atoms with Crippen molar-refractivity contribution >= 4 is 5.91 Å². The van der Waals surface area contributed by atoms with Crippen molar-refractivity contribution in [3.8, 4) is 0 Å². The third-order valence-electron chi connectivity index (χ3n) is 5.65. The molecule has 1 aromatic rings. The van der Waals surface area contributed by atoms with Crippen molar-refractivity contribution in [1.29, 1.82) is 0 Å². The number of rotatable bonds is 3. The number of nitrogens with one attached hydrogen (secondary N) is 1. The van der Waals surface area contributed by atoms with Crippen LogP contribution in [0.15, 0.2) is 30.3 Å². The first kappa shape index (κ1) is 12.4.